The number of aryl methyl sites for hydroxylation is 2. The highest BCUT2D eigenvalue weighted by molar-refractivity contribution is 7.89. The van der Waals surface area contributed by atoms with Gasteiger partial charge in [0.1, 0.15) is 11.4 Å². The number of nitrogens with two attached hydrogens (primary N) is 1. The number of benzene rings is 1. The van der Waals surface area contributed by atoms with Gasteiger partial charge in [0.25, 0.3) is 11.8 Å². The Morgan fingerprint density at radius 1 is 1.15 bits per heavy atom. The smallest absolute Gasteiger partial charge is 0.269 e. The zero-order chi connectivity index (χ0) is 29.9. The van der Waals surface area contributed by atoms with Crippen molar-refractivity contribution in [3.05, 3.63) is 35.2 Å². The van der Waals surface area contributed by atoms with Crippen LogP contribution in [0.3, 0.4) is 0 Å². The van der Waals surface area contributed by atoms with Gasteiger partial charge in [-0.1, -0.05) is 40.5 Å². The molecule has 0 bridgehead atoms. The third-order valence-electron chi connectivity index (χ3n) is 6.49. The molecule has 0 radical (unpaired) electrons. The number of rotatable bonds is 13. The molecule has 4 N–H and O–H groups in total. The molecule has 1 fully saturated rings. The van der Waals surface area contributed by atoms with Crippen molar-refractivity contribution in [2.24, 2.45) is 12.8 Å². The largest absolute Gasteiger partial charge is 0.493 e. The van der Waals surface area contributed by atoms with Crippen LogP contribution in [0.5, 0.6) is 5.75 Å². The van der Waals surface area contributed by atoms with Crippen molar-refractivity contribution >= 4 is 27.5 Å². The molecule has 0 saturated carbocycles. The van der Waals surface area contributed by atoms with E-state index >= 15 is 0 Å². The fourth-order valence-electron chi connectivity index (χ4n) is 4.57. The number of ether oxygens (including phenoxy) is 1. The average Bonchev–Trinajstić information content (AvgIpc) is 3.44. The van der Waals surface area contributed by atoms with E-state index in [9.17, 15) is 18.0 Å². The predicted octanol–water partition coefficient (Wildman–Crippen LogP) is 3.69. The monoisotopic (exact) mass is 578 g/mol. The van der Waals surface area contributed by atoms with Crippen LogP contribution < -0.4 is 20.5 Å². The Bertz CT molecular complexity index is 1240. The van der Waals surface area contributed by atoms with Crippen molar-refractivity contribution in [2.45, 2.75) is 83.6 Å². The molecule has 11 nitrogen and oxygen atoms in total. The molecule has 2 aromatic rings. The quantitative estimate of drug-likeness (QED) is 0.328. The summed E-state index contributed by atoms with van der Waals surface area (Å²) in [6, 6.07) is 4.55. The minimum absolute atomic E-state index is 0.0357. The second kappa shape index (κ2) is 15.7. The maximum absolute atomic E-state index is 13.4. The van der Waals surface area contributed by atoms with Crippen molar-refractivity contribution < 1.29 is 22.7 Å². The summed E-state index contributed by atoms with van der Waals surface area (Å²) >= 11 is 0. The van der Waals surface area contributed by atoms with Crippen LogP contribution in [0.1, 0.15) is 92.8 Å². The van der Waals surface area contributed by atoms with E-state index in [4.69, 9.17) is 10.5 Å². The van der Waals surface area contributed by atoms with E-state index in [1.54, 1.807) is 7.05 Å². The number of hydrogen-bond donors (Lipinski definition) is 3. The molecule has 224 valence electrons. The van der Waals surface area contributed by atoms with Crippen molar-refractivity contribution in [1.29, 1.82) is 0 Å². The van der Waals surface area contributed by atoms with Crippen LogP contribution in [-0.2, 0) is 23.5 Å². The van der Waals surface area contributed by atoms with Gasteiger partial charge in [-0.05, 0) is 63.9 Å². The molecule has 1 unspecified atom stereocenters. The second-order valence-corrected chi connectivity index (χ2v) is 11.8. The van der Waals surface area contributed by atoms with Crippen LogP contribution >= 0.6 is 0 Å². The van der Waals surface area contributed by atoms with E-state index < -0.39 is 21.8 Å². The SMILES string of the molecule is CCC.CCCOc1ccc(S(=O)(=O)NCCC2CCCN2C)cc1C(=O)Nc1c(CCC)nn(C)c1C(N)=O. The lowest BCUT2D eigenvalue weighted by Crippen LogP contribution is -2.32. The Kier molecular flexibility index (Phi) is 13.1. The molecule has 1 aromatic carbocycles. The second-order valence-electron chi connectivity index (χ2n) is 10.0. The summed E-state index contributed by atoms with van der Waals surface area (Å²) in [6.07, 6.45) is 6.07. The van der Waals surface area contributed by atoms with Crippen molar-refractivity contribution in [3.63, 3.8) is 0 Å². The van der Waals surface area contributed by atoms with Crippen LogP contribution in [0.2, 0.25) is 0 Å². The molecule has 40 heavy (non-hydrogen) atoms. The molecule has 1 saturated heterocycles. The number of hydrogen-bond acceptors (Lipinski definition) is 7. The number of likely N-dealkylation sites (tertiary alicyclic amines) is 1. The Hall–Kier alpha value is -2.96. The minimum atomic E-state index is -3.86. The van der Waals surface area contributed by atoms with E-state index in [0.717, 1.165) is 25.8 Å². The molecule has 0 spiro atoms. The van der Waals surface area contributed by atoms with Gasteiger partial charge in [-0.15, -0.1) is 0 Å². The molecule has 1 aromatic heterocycles. The fourth-order valence-corrected chi connectivity index (χ4v) is 5.64. The molecule has 1 aliphatic rings. The molecule has 1 aliphatic heterocycles. The highest BCUT2D eigenvalue weighted by Crippen LogP contribution is 2.27. The van der Waals surface area contributed by atoms with Crippen molar-refractivity contribution in [1.82, 2.24) is 19.4 Å². The topological polar surface area (TPSA) is 149 Å². The lowest BCUT2D eigenvalue weighted by molar-refractivity contribution is 0.0992. The molecule has 2 heterocycles. The lowest BCUT2D eigenvalue weighted by Gasteiger charge is -2.19. The van der Waals surface area contributed by atoms with Gasteiger partial charge in [0.05, 0.1) is 28.4 Å². The maximum atomic E-state index is 13.4. The number of primary amides is 1. The number of carbonyl (C=O) groups is 2. The van der Waals surface area contributed by atoms with E-state index in [1.807, 2.05) is 20.9 Å². The summed E-state index contributed by atoms with van der Waals surface area (Å²) in [5.41, 5.74) is 6.39. The Labute approximate surface area is 238 Å². The lowest BCUT2D eigenvalue weighted by atomic mass is 10.1. The zero-order valence-electron chi connectivity index (χ0n) is 24.7. The average molecular weight is 579 g/mol. The summed E-state index contributed by atoms with van der Waals surface area (Å²) in [4.78, 5) is 27.7. The van der Waals surface area contributed by atoms with E-state index in [1.165, 1.54) is 29.3 Å². The third-order valence-corrected chi connectivity index (χ3v) is 7.95. The number of anilines is 1. The first kappa shape index (κ1) is 33.2. The first-order valence-electron chi connectivity index (χ1n) is 14.1. The fraction of sp³-hybridized carbons (Fsp3) is 0.607. The molecular formula is C28H46N6O5S. The Morgan fingerprint density at radius 3 is 2.42 bits per heavy atom. The number of nitrogens with one attached hydrogen (secondary N) is 2. The number of nitrogens with zero attached hydrogens (tertiary/aromatic N) is 3. The molecule has 2 amide bonds. The van der Waals surface area contributed by atoms with Crippen LogP contribution in [0, 0.1) is 0 Å². The summed E-state index contributed by atoms with van der Waals surface area (Å²) in [5, 5.41) is 7.07. The summed E-state index contributed by atoms with van der Waals surface area (Å²) in [5.74, 6) is -1.11. The van der Waals surface area contributed by atoms with E-state index in [0.29, 0.717) is 44.1 Å². The molecule has 12 heteroatoms. The zero-order valence-corrected chi connectivity index (χ0v) is 25.6. The summed E-state index contributed by atoms with van der Waals surface area (Å²) < 4.78 is 35.9. The Morgan fingerprint density at radius 2 is 1.85 bits per heavy atom. The van der Waals surface area contributed by atoms with Gasteiger partial charge >= 0.3 is 0 Å². The summed E-state index contributed by atoms with van der Waals surface area (Å²) in [6.45, 7) is 9.79. The number of amides is 2. The van der Waals surface area contributed by atoms with Crippen LogP contribution in [0.15, 0.2) is 23.1 Å². The number of sulfonamides is 1. The van der Waals surface area contributed by atoms with Crippen molar-refractivity contribution in [2.75, 3.05) is 32.1 Å². The van der Waals surface area contributed by atoms with E-state index in [2.05, 4.69) is 33.9 Å². The molecule has 0 aliphatic carbocycles. The predicted molar refractivity (Wildman–Crippen MR) is 157 cm³/mol. The van der Waals surface area contributed by atoms with Crippen LogP contribution in [0.25, 0.3) is 0 Å². The third kappa shape index (κ3) is 8.77. The van der Waals surface area contributed by atoms with Crippen molar-refractivity contribution in [3.8, 4) is 5.75 Å². The number of carbonyl (C=O) groups excluding carboxylic acids is 2. The normalized spacial score (nSPS) is 15.4. The highest BCUT2D eigenvalue weighted by atomic mass is 32.2. The van der Waals surface area contributed by atoms with Gasteiger partial charge in [-0.3, -0.25) is 14.3 Å². The highest BCUT2D eigenvalue weighted by Gasteiger charge is 2.26. The first-order valence-corrected chi connectivity index (χ1v) is 15.6. The van der Waals surface area contributed by atoms with Gasteiger partial charge in [-0.25, -0.2) is 13.1 Å². The van der Waals surface area contributed by atoms with Gasteiger partial charge in [0.2, 0.25) is 10.0 Å². The van der Waals surface area contributed by atoms with Crippen LogP contribution in [-0.4, -0.2) is 67.7 Å². The van der Waals surface area contributed by atoms with E-state index in [-0.39, 0.29) is 27.6 Å². The minimum Gasteiger partial charge on any atom is -0.493 e. The van der Waals surface area contributed by atoms with Gasteiger partial charge in [0, 0.05) is 19.6 Å². The van der Waals surface area contributed by atoms with Gasteiger partial charge in [0.15, 0.2) is 0 Å². The maximum Gasteiger partial charge on any atom is 0.269 e. The first-order chi connectivity index (χ1) is 19.0. The van der Waals surface area contributed by atoms with Gasteiger partial charge < -0.3 is 20.7 Å². The molecular weight excluding hydrogens is 532 g/mol. The van der Waals surface area contributed by atoms with Gasteiger partial charge in [-0.2, -0.15) is 5.10 Å². The number of aromatic nitrogens is 2. The van der Waals surface area contributed by atoms with Crippen LogP contribution in [0.4, 0.5) is 5.69 Å². The summed E-state index contributed by atoms with van der Waals surface area (Å²) in [7, 11) is -0.243. The molecule has 1 atom stereocenters. The Balaban J connectivity index is 0.00000178. The molecule has 3 rings (SSSR count). The standard InChI is InChI=1S/C25H38N6O5S.C3H8/c1-5-8-20-22(23(24(26)32)31(4)29-20)28-25(33)19-16-18(10-11-21(19)36-15-6-2)37(34,35)27-13-12-17-9-7-14-30(17)3;1-3-2/h10-11,16-17,27H,5-9,12-15H2,1-4H3,(H2,26,32)(H,28,33);3H2,1-2H3.